The number of amides is 1. The number of hydrogen-bond donors (Lipinski definition) is 1. The fraction of sp³-hybridized carbons (Fsp3) is 0.208. The first kappa shape index (κ1) is 18.1. The first-order valence-electron chi connectivity index (χ1n) is 9.50. The van der Waals surface area contributed by atoms with Crippen molar-refractivity contribution in [1.82, 2.24) is 5.32 Å². The molecular formula is C24H23NO3. The maximum atomic E-state index is 12.6. The highest BCUT2D eigenvalue weighted by atomic mass is 16.5. The Morgan fingerprint density at radius 1 is 0.964 bits per heavy atom. The molecule has 0 saturated carbocycles. The summed E-state index contributed by atoms with van der Waals surface area (Å²) in [5.41, 5.74) is 3.49. The average Bonchev–Trinajstić information content (AvgIpc) is 3.18. The Labute approximate surface area is 165 Å². The molecular weight excluding hydrogens is 350 g/mol. The van der Waals surface area contributed by atoms with Crippen LogP contribution in [0, 0.1) is 0 Å². The number of para-hydroxylation sites is 2. The van der Waals surface area contributed by atoms with Crippen LogP contribution in [0.5, 0.6) is 17.2 Å². The molecule has 0 bridgehead atoms. The van der Waals surface area contributed by atoms with E-state index in [4.69, 9.17) is 9.47 Å². The van der Waals surface area contributed by atoms with Crippen LogP contribution in [-0.2, 0) is 17.8 Å². The summed E-state index contributed by atoms with van der Waals surface area (Å²) in [6.07, 6.45) is 1.86. The van der Waals surface area contributed by atoms with Crippen molar-refractivity contribution in [2.75, 3.05) is 7.11 Å². The lowest BCUT2D eigenvalue weighted by molar-refractivity contribution is -0.122. The molecule has 1 atom stereocenters. The summed E-state index contributed by atoms with van der Waals surface area (Å²) in [6.45, 7) is 0.506. The van der Waals surface area contributed by atoms with Gasteiger partial charge in [0.1, 0.15) is 5.75 Å². The molecule has 0 radical (unpaired) electrons. The van der Waals surface area contributed by atoms with Gasteiger partial charge in [0, 0.05) is 6.54 Å². The van der Waals surface area contributed by atoms with Gasteiger partial charge in [-0.2, -0.15) is 0 Å². The number of methoxy groups -OCH3 is 1. The number of hydrogen-bond acceptors (Lipinski definition) is 3. The van der Waals surface area contributed by atoms with Crippen molar-refractivity contribution >= 4 is 5.91 Å². The van der Waals surface area contributed by atoms with E-state index in [9.17, 15) is 4.79 Å². The number of ether oxygens (including phenoxy) is 2. The molecule has 4 nitrogen and oxygen atoms in total. The summed E-state index contributed by atoms with van der Waals surface area (Å²) in [5, 5.41) is 3.07. The lowest BCUT2D eigenvalue weighted by atomic mass is 10.0. The lowest BCUT2D eigenvalue weighted by Gasteiger charge is -2.13. The molecule has 0 fully saturated rings. The first-order chi connectivity index (χ1) is 13.7. The topological polar surface area (TPSA) is 47.6 Å². The normalized spacial score (nSPS) is 15.0. The minimum atomic E-state index is -0.0376. The fourth-order valence-electron chi connectivity index (χ4n) is 3.65. The van der Waals surface area contributed by atoms with Crippen molar-refractivity contribution in [2.24, 2.45) is 0 Å². The third-order valence-electron chi connectivity index (χ3n) is 5.14. The number of aryl methyl sites for hydroxylation is 1. The van der Waals surface area contributed by atoms with Crippen molar-refractivity contribution in [2.45, 2.75) is 25.3 Å². The van der Waals surface area contributed by atoms with Gasteiger partial charge in [-0.3, -0.25) is 4.79 Å². The summed E-state index contributed by atoms with van der Waals surface area (Å²) >= 11 is 0. The van der Waals surface area contributed by atoms with Gasteiger partial charge < -0.3 is 14.8 Å². The summed E-state index contributed by atoms with van der Waals surface area (Å²) < 4.78 is 11.2. The van der Waals surface area contributed by atoms with Gasteiger partial charge in [0.2, 0.25) is 5.91 Å². The molecule has 3 aromatic rings. The van der Waals surface area contributed by atoms with E-state index in [1.54, 1.807) is 7.11 Å². The quantitative estimate of drug-likeness (QED) is 0.673. The number of carbonyl (C=O) groups excluding carboxylic acids is 1. The van der Waals surface area contributed by atoms with Crippen LogP contribution in [0.1, 0.15) is 29.0 Å². The zero-order valence-corrected chi connectivity index (χ0v) is 15.9. The Hall–Kier alpha value is -3.27. The maximum Gasteiger partial charge on any atom is 0.227 e. The minimum Gasteiger partial charge on any atom is -0.493 e. The van der Waals surface area contributed by atoms with Crippen molar-refractivity contribution in [3.8, 4) is 17.2 Å². The van der Waals surface area contributed by atoms with Crippen molar-refractivity contribution in [1.29, 1.82) is 0 Å². The highest BCUT2D eigenvalue weighted by Crippen LogP contribution is 2.33. The number of nitrogens with one attached hydrogen (secondary N) is 1. The van der Waals surface area contributed by atoms with Crippen LogP contribution in [0.2, 0.25) is 0 Å². The molecule has 1 aliphatic carbocycles. The van der Waals surface area contributed by atoms with E-state index in [1.807, 2.05) is 60.7 Å². The van der Waals surface area contributed by atoms with Crippen LogP contribution in [0.3, 0.4) is 0 Å². The molecule has 0 aliphatic heterocycles. The summed E-state index contributed by atoms with van der Waals surface area (Å²) in [5.74, 6) is 2.15. The van der Waals surface area contributed by atoms with Crippen LogP contribution in [0.15, 0.2) is 72.8 Å². The number of benzene rings is 3. The molecule has 28 heavy (non-hydrogen) atoms. The number of carbonyl (C=O) groups is 1. The van der Waals surface area contributed by atoms with Crippen LogP contribution < -0.4 is 14.8 Å². The van der Waals surface area contributed by atoms with E-state index in [1.165, 1.54) is 11.1 Å². The molecule has 3 aromatic carbocycles. The monoisotopic (exact) mass is 373 g/mol. The van der Waals surface area contributed by atoms with Crippen LogP contribution >= 0.6 is 0 Å². The van der Waals surface area contributed by atoms with Crippen LogP contribution in [0.25, 0.3) is 0 Å². The van der Waals surface area contributed by atoms with Crippen molar-refractivity contribution < 1.29 is 14.3 Å². The second-order valence-electron chi connectivity index (χ2n) is 6.90. The SMILES string of the molecule is COc1ccccc1Oc1ccc(CNC(=O)C2CCc3ccccc32)cc1. The lowest BCUT2D eigenvalue weighted by Crippen LogP contribution is -2.27. The third kappa shape index (κ3) is 3.86. The van der Waals surface area contributed by atoms with E-state index in [2.05, 4.69) is 17.4 Å². The molecule has 0 heterocycles. The summed E-state index contributed by atoms with van der Waals surface area (Å²) in [7, 11) is 1.62. The molecule has 1 amide bonds. The van der Waals surface area contributed by atoms with Gasteiger partial charge >= 0.3 is 0 Å². The van der Waals surface area contributed by atoms with Gasteiger partial charge in [-0.25, -0.2) is 0 Å². The summed E-state index contributed by atoms with van der Waals surface area (Å²) in [6, 6.07) is 23.5. The van der Waals surface area contributed by atoms with E-state index in [-0.39, 0.29) is 11.8 Å². The predicted molar refractivity (Wildman–Crippen MR) is 109 cm³/mol. The third-order valence-corrected chi connectivity index (χ3v) is 5.14. The molecule has 1 N–H and O–H groups in total. The van der Waals surface area contributed by atoms with Gasteiger partial charge in [0.25, 0.3) is 0 Å². The standard InChI is InChI=1S/C24H23NO3/c1-27-22-8-4-5-9-23(22)28-19-13-10-17(11-14-19)16-25-24(26)21-15-12-18-6-2-3-7-20(18)21/h2-11,13-14,21H,12,15-16H2,1H3,(H,25,26). The smallest absolute Gasteiger partial charge is 0.227 e. The van der Waals surface area contributed by atoms with E-state index in [0.29, 0.717) is 18.0 Å². The largest absolute Gasteiger partial charge is 0.493 e. The van der Waals surface area contributed by atoms with Gasteiger partial charge in [0.05, 0.1) is 13.0 Å². The predicted octanol–water partition coefficient (Wildman–Crippen LogP) is 4.83. The van der Waals surface area contributed by atoms with Gasteiger partial charge in [0.15, 0.2) is 11.5 Å². The molecule has 0 saturated heterocycles. The number of rotatable bonds is 6. The average molecular weight is 373 g/mol. The van der Waals surface area contributed by atoms with Gasteiger partial charge in [-0.15, -0.1) is 0 Å². The van der Waals surface area contributed by atoms with Crippen LogP contribution in [0.4, 0.5) is 0 Å². The zero-order valence-electron chi connectivity index (χ0n) is 15.9. The number of fused-ring (bicyclic) bond motifs is 1. The molecule has 4 heteroatoms. The Bertz CT molecular complexity index is 966. The molecule has 1 unspecified atom stereocenters. The van der Waals surface area contributed by atoms with Crippen molar-refractivity contribution in [3.63, 3.8) is 0 Å². The molecule has 142 valence electrons. The van der Waals surface area contributed by atoms with E-state index in [0.717, 1.165) is 24.2 Å². The molecule has 1 aliphatic rings. The fourth-order valence-corrected chi connectivity index (χ4v) is 3.65. The second-order valence-corrected chi connectivity index (χ2v) is 6.90. The Kier molecular flexibility index (Phi) is 5.29. The molecule has 4 rings (SSSR count). The second kappa shape index (κ2) is 8.17. The molecule has 0 aromatic heterocycles. The highest BCUT2D eigenvalue weighted by Gasteiger charge is 2.27. The Morgan fingerprint density at radius 2 is 1.68 bits per heavy atom. The van der Waals surface area contributed by atoms with Gasteiger partial charge in [-0.05, 0) is 53.8 Å². The maximum absolute atomic E-state index is 12.6. The first-order valence-corrected chi connectivity index (χ1v) is 9.50. The Balaban J connectivity index is 1.36. The highest BCUT2D eigenvalue weighted by molar-refractivity contribution is 5.84. The minimum absolute atomic E-state index is 0.0376. The van der Waals surface area contributed by atoms with Crippen LogP contribution in [-0.4, -0.2) is 13.0 Å². The van der Waals surface area contributed by atoms with Gasteiger partial charge in [-0.1, -0.05) is 48.5 Å². The van der Waals surface area contributed by atoms with E-state index >= 15 is 0 Å². The zero-order chi connectivity index (χ0) is 19.3. The van der Waals surface area contributed by atoms with Crippen molar-refractivity contribution in [3.05, 3.63) is 89.5 Å². The molecule has 0 spiro atoms. The Morgan fingerprint density at radius 3 is 2.46 bits per heavy atom. The summed E-state index contributed by atoms with van der Waals surface area (Å²) in [4.78, 5) is 12.6. The van der Waals surface area contributed by atoms with E-state index < -0.39 is 0 Å².